The summed E-state index contributed by atoms with van der Waals surface area (Å²) in [4.78, 5) is 0. The van der Waals surface area contributed by atoms with Gasteiger partial charge >= 0.3 is 9.15 Å². The lowest BCUT2D eigenvalue weighted by atomic mass is 15.9. The highest BCUT2D eigenvalue weighted by Crippen LogP contribution is 1.81. The van der Waals surface area contributed by atoms with E-state index in [2.05, 4.69) is 11.7 Å². The van der Waals surface area contributed by atoms with Crippen LogP contribution in [0, 0.1) is 0 Å². The third kappa shape index (κ3) is 1610000. The SMILES string of the molecule is O.O.O.O.O.O.O=S(=O)(O)S. The van der Waals surface area contributed by atoms with E-state index in [4.69, 9.17) is 13.0 Å². The van der Waals surface area contributed by atoms with Crippen molar-refractivity contribution in [1.82, 2.24) is 0 Å². The van der Waals surface area contributed by atoms with E-state index in [0.717, 1.165) is 0 Å². The first-order valence-corrected chi connectivity index (χ1v) is 3.19. The fourth-order valence-electron chi connectivity index (χ4n) is 0. The van der Waals surface area contributed by atoms with Crippen LogP contribution in [0.2, 0.25) is 0 Å². The van der Waals surface area contributed by atoms with E-state index in [1.165, 1.54) is 0 Å². The monoisotopic (exact) mass is 222 g/mol. The van der Waals surface area contributed by atoms with Crippen LogP contribution in [0.1, 0.15) is 0 Å². The fourth-order valence-corrected chi connectivity index (χ4v) is 0. The minimum absolute atomic E-state index is 0. The molecule has 0 saturated carbocycles. The molecule has 9 nitrogen and oxygen atoms in total. The lowest BCUT2D eigenvalue weighted by Gasteiger charge is -1.67. The number of hydrogen-bond acceptors (Lipinski definition) is 2. The molecule has 0 fully saturated rings. The van der Waals surface area contributed by atoms with Gasteiger partial charge in [-0.25, -0.2) is 0 Å². The second-order valence-electron chi connectivity index (χ2n) is 0.448. The van der Waals surface area contributed by atoms with Crippen LogP contribution in [0.5, 0.6) is 0 Å². The van der Waals surface area contributed by atoms with Gasteiger partial charge in [0.25, 0.3) is 0 Å². The summed E-state index contributed by atoms with van der Waals surface area (Å²) in [6.45, 7) is 0. The summed E-state index contributed by atoms with van der Waals surface area (Å²) >= 11 is 2.65. The van der Waals surface area contributed by atoms with Crippen LogP contribution in [-0.2, 0) is 9.15 Å². The molecule has 0 atom stereocenters. The van der Waals surface area contributed by atoms with Gasteiger partial charge < -0.3 is 32.9 Å². The first-order chi connectivity index (χ1) is 2.00. The zero-order valence-corrected chi connectivity index (χ0v) is 6.83. The summed E-state index contributed by atoms with van der Waals surface area (Å²) in [6.07, 6.45) is 0. The molecule has 0 heterocycles. The van der Waals surface area contributed by atoms with Crippen molar-refractivity contribution in [2.45, 2.75) is 0 Å². The van der Waals surface area contributed by atoms with Crippen molar-refractivity contribution in [3.63, 3.8) is 0 Å². The van der Waals surface area contributed by atoms with Gasteiger partial charge in [-0.1, -0.05) is 0 Å². The molecule has 0 radical (unpaired) electrons. The Hall–Kier alpha value is 0.0200. The summed E-state index contributed by atoms with van der Waals surface area (Å²) < 4.78 is 25.5. The summed E-state index contributed by atoms with van der Waals surface area (Å²) in [5, 5.41) is 0. The van der Waals surface area contributed by atoms with Gasteiger partial charge in [0, 0.05) is 0 Å². The molecule has 0 aliphatic carbocycles. The number of hydrogen-bond donors (Lipinski definition) is 2. The van der Waals surface area contributed by atoms with E-state index >= 15 is 0 Å². The highest BCUT2D eigenvalue weighted by Gasteiger charge is 1.83. The van der Waals surface area contributed by atoms with Gasteiger partial charge in [-0.15, -0.1) is 0 Å². The Morgan fingerprint density at radius 1 is 0.818 bits per heavy atom. The summed E-state index contributed by atoms with van der Waals surface area (Å²) in [7, 11) is -3.97. The zero-order chi connectivity index (χ0) is 4.50. The first-order valence-electron chi connectivity index (χ1n) is 0.698. The predicted octanol–water partition coefficient (Wildman–Crippen LogP) is -5.23. The number of rotatable bonds is 0. The molecule has 0 aliphatic heterocycles. The van der Waals surface area contributed by atoms with Gasteiger partial charge in [-0.05, 0) is 11.7 Å². The van der Waals surface area contributed by atoms with Crippen molar-refractivity contribution in [3.8, 4) is 0 Å². The second kappa shape index (κ2) is 22.5. The van der Waals surface area contributed by atoms with E-state index in [1.54, 1.807) is 0 Å². The van der Waals surface area contributed by atoms with Crippen LogP contribution in [0.4, 0.5) is 0 Å². The van der Waals surface area contributed by atoms with Crippen molar-refractivity contribution < 1.29 is 45.8 Å². The summed E-state index contributed by atoms with van der Waals surface area (Å²) in [5.41, 5.74) is 0. The Kier molecular flexibility index (Phi) is 140. The molecule has 0 spiro atoms. The van der Waals surface area contributed by atoms with Crippen LogP contribution in [0.25, 0.3) is 0 Å². The maximum Gasteiger partial charge on any atom is 0.316 e. The molecule has 80 valence electrons. The summed E-state index contributed by atoms with van der Waals surface area (Å²) in [5.74, 6) is 0. The van der Waals surface area contributed by atoms with Crippen molar-refractivity contribution in [3.05, 3.63) is 0 Å². The molecule has 13 N–H and O–H groups in total. The highest BCUT2D eigenvalue weighted by molar-refractivity contribution is 8.61. The number of thiol groups is 1. The molecule has 0 amide bonds. The molecule has 0 saturated heterocycles. The van der Waals surface area contributed by atoms with Crippen molar-refractivity contribution in [2.75, 3.05) is 0 Å². The molecule has 0 aromatic rings. The van der Waals surface area contributed by atoms with E-state index in [1.807, 2.05) is 0 Å². The van der Waals surface area contributed by atoms with Crippen molar-refractivity contribution in [1.29, 1.82) is 0 Å². The molecule has 11 heteroatoms. The molecule has 0 aromatic heterocycles. The van der Waals surface area contributed by atoms with Crippen LogP contribution in [0.15, 0.2) is 0 Å². The van der Waals surface area contributed by atoms with Crippen LogP contribution >= 0.6 is 11.7 Å². The minimum Gasteiger partial charge on any atom is -0.412 e. The fraction of sp³-hybridized carbons (Fsp3) is 0. The van der Waals surface area contributed by atoms with Crippen molar-refractivity contribution >= 4 is 20.8 Å². The standard InChI is InChI=1S/H2O3S2.6H2O/c1-5(2,3)4;;;;;;/h(H2,1,2,3,4);6*1H2. The van der Waals surface area contributed by atoms with Gasteiger partial charge in [-0.3, -0.25) is 4.55 Å². The van der Waals surface area contributed by atoms with Gasteiger partial charge in [0.1, 0.15) is 0 Å². The van der Waals surface area contributed by atoms with Gasteiger partial charge in [0.2, 0.25) is 0 Å². The first kappa shape index (κ1) is 68.5. The summed E-state index contributed by atoms with van der Waals surface area (Å²) in [6, 6.07) is 0. The highest BCUT2D eigenvalue weighted by atomic mass is 33.1. The Morgan fingerprint density at radius 2 is 0.818 bits per heavy atom. The van der Waals surface area contributed by atoms with Gasteiger partial charge in [0.15, 0.2) is 0 Å². The lowest BCUT2D eigenvalue weighted by molar-refractivity contribution is 0.503. The Balaban J connectivity index is -0.00000000533. The average molecular weight is 222 g/mol. The molecular weight excluding hydrogens is 208 g/mol. The lowest BCUT2D eigenvalue weighted by Crippen LogP contribution is -1.78. The molecular formula is H14O9S2. The van der Waals surface area contributed by atoms with Gasteiger partial charge in [-0.2, -0.15) is 8.42 Å². The second-order valence-corrected chi connectivity index (χ2v) is 2.73. The third-order valence-corrected chi connectivity index (χ3v) is 0. The zero-order valence-electron chi connectivity index (χ0n) is 5.12. The Morgan fingerprint density at radius 3 is 0.818 bits per heavy atom. The molecule has 0 rings (SSSR count). The molecule has 0 bridgehead atoms. The quantitative estimate of drug-likeness (QED) is 0.232. The molecule has 0 aliphatic rings. The normalized spacial score (nSPS) is 5.27. The van der Waals surface area contributed by atoms with E-state index < -0.39 is 9.15 Å². The van der Waals surface area contributed by atoms with Crippen LogP contribution in [-0.4, -0.2) is 45.8 Å². The topological polar surface area (TPSA) is 243 Å². The van der Waals surface area contributed by atoms with E-state index in [9.17, 15) is 0 Å². The van der Waals surface area contributed by atoms with E-state index in [-0.39, 0.29) is 32.9 Å². The predicted molar refractivity (Wildman–Crippen MR) is 42.2 cm³/mol. The van der Waals surface area contributed by atoms with E-state index in [0.29, 0.717) is 0 Å². The smallest absolute Gasteiger partial charge is 0.316 e. The minimum atomic E-state index is -3.97. The van der Waals surface area contributed by atoms with Crippen LogP contribution in [0.3, 0.4) is 0 Å². The Labute approximate surface area is 67.4 Å². The molecule has 0 unspecified atom stereocenters. The molecule has 11 heavy (non-hydrogen) atoms. The largest absolute Gasteiger partial charge is 0.412 e. The Bertz CT molecular complexity index is 90.7. The van der Waals surface area contributed by atoms with Crippen LogP contribution < -0.4 is 0 Å². The maximum absolute atomic E-state index is 9.05. The maximum atomic E-state index is 9.05. The molecule has 0 aromatic carbocycles. The van der Waals surface area contributed by atoms with Gasteiger partial charge in [0.05, 0.1) is 0 Å². The average Bonchev–Trinajstić information content (AvgIpc) is 0.722. The van der Waals surface area contributed by atoms with Crippen molar-refractivity contribution in [2.24, 2.45) is 0 Å². The third-order valence-electron chi connectivity index (χ3n) is 0.